The predicted octanol–water partition coefficient (Wildman–Crippen LogP) is 1.88. The van der Waals surface area contributed by atoms with Crippen molar-refractivity contribution in [1.29, 1.82) is 5.26 Å². The fraction of sp³-hybridized carbons (Fsp3) is 0.500. The van der Waals surface area contributed by atoms with Crippen molar-refractivity contribution in [2.24, 2.45) is 0 Å². The summed E-state index contributed by atoms with van der Waals surface area (Å²) in [5.41, 5.74) is 1.60. The zero-order chi connectivity index (χ0) is 13.9. The number of hydrogen-bond donors (Lipinski definition) is 0. The van der Waals surface area contributed by atoms with Gasteiger partial charge in [0.2, 0.25) is 5.91 Å². The third-order valence-corrected chi connectivity index (χ3v) is 4.24. The highest BCUT2D eigenvalue weighted by molar-refractivity contribution is 5.79. The van der Waals surface area contributed by atoms with Gasteiger partial charge in [-0.2, -0.15) is 5.26 Å². The van der Waals surface area contributed by atoms with Gasteiger partial charge in [0.25, 0.3) is 0 Å². The van der Waals surface area contributed by atoms with E-state index in [1.165, 1.54) is 0 Å². The van der Waals surface area contributed by atoms with Crippen molar-refractivity contribution in [3.05, 3.63) is 35.4 Å². The number of carbonyl (C=O) groups is 1. The first kappa shape index (κ1) is 13.1. The van der Waals surface area contributed by atoms with Crippen molar-refractivity contribution in [2.45, 2.75) is 37.8 Å². The molecular formula is C16H18N2O2. The summed E-state index contributed by atoms with van der Waals surface area (Å²) in [5, 5.41) is 8.78. The second-order valence-corrected chi connectivity index (χ2v) is 5.48. The summed E-state index contributed by atoms with van der Waals surface area (Å²) in [7, 11) is 0. The lowest BCUT2D eigenvalue weighted by Crippen LogP contribution is -2.51. The Hall–Kier alpha value is -1.86. The number of hydrogen-bond acceptors (Lipinski definition) is 3. The van der Waals surface area contributed by atoms with Crippen LogP contribution in [0.3, 0.4) is 0 Å². The van der Waals surface area contributed by atoms with Gasteiger partial charge in [-0.05, 0) is 37.0 Å². The number of carbonyl (C=O) groups excluding carboxylic acids is 1. The molecule has 0 N–H and O–H groups in total. The minimum absolute atomic E-state index is 0.176. The van der Waals surface area contributed by atoms with Crippen LogP contribution in [0.25, 0.3) is 0 Å². The molecule has 2 unspecified atom stereocenters. The number of amides is 1. The SMILES string of the molecule is N#Cc1ccc(CC(=O)N2CCOC3CCCC32)cc1. The van der Waals surface area contributed by atoms with E-state index in [1.807, 2.05) is 17.0 Å². The van der Waals surface area contributed by atoms with Crippen molar-refractivity contribution in [1.82, 2.24) is 4.90 Å². The van der Waals surface area contributed by atoms with E-state index in [2.05, 4.69) is 6.07 Å². The largest absolute Gasteiger partial charge is 0.374 e. The van der Waals surface area contributed by atoms with Gasteiger partial charge in [-0.3, -0.25) is 4.79 Å². The van der Waals surface area contributed by atoms with Crippen LogP contribution in [0.4, 0.5) is 0 Å². The fourth-order valence-electron chi connectivity index (χ4n) is 3.21. The van der Waals surface area contributed by atoms with Crippen LogP contribution in [0, 0.1) is 11.3 Å². The number of fused-ring (bicyclic) bond motifs is 1. The Balaban J connectivity index is 1.67. The highest BCUT2D eigenvalue weighted by Crippen LogP contribution is 2.30. The Kier molecular flexibility index (Phi) is 3.70. The van der Waals surface area contributed by atoms with E-state index in [0.717, 1.165) is 24.8 Å². The Morgan fingerprint density at radius 1 is 1.35 bits per heavy atom. The highest BCUT2D eigenvalue weighted by atomic mass is 16.5. The first-order valence-electron chi connectivity index (χ1n) is 7.18. The Morgan fingerprint density at radius 3 is 2.90 bits per heavy atom. The molecule has 2 fully saturated rings. The van der Waals surface area contributed by atoms with Gasteiger partial charge in [-0.1, -0.05) is 12.1 Å². The van der Waals surface area contributed by atoms with Gasteiger partial charge in [-0.15, -0.1) is 0 Å². The molecule has 2 aliphatic rings. The number of nitriles is 1. The summed E-state index contributed by atoms with van der Waals surface area (Å²) >= 11 is 0. The molecule has 1 aliphatic carbocycles. The molecule has 4 nitrogen and oxygen atoms in total. The smallest absolute Gasteiger partial charge is 0.227 e. The number of nitrogens with zero attached hydrogens (tertiary/aromatic N) is 2. The quantitative estimate of drug-likeness (QED) is 0.824. The molecule has 1 saturated carbocycles. The molecule has 1 aromatic rings. The molecule has 1 amide bonds. The number of benzene rings is 1. The first-order valence-corrected chi connectivity index (χ1v) is 7.18. The second kappa shape index (κ2) is 5.64. The van der Waals surface area contributed by atoms with E-state index in [1.54, 1.807) is 12.1 Å². The van der Waals surface area contributed by atoms with Crippen molar-refractivity contribution >= 4 is 5.91 Å². The van der Waals surface area contributed by atoms with Gasteiger partial charge < -0.3 is 9.64 Å². The summed E-state index contributed by atoms with van der Waals surface area (Å²) in [4.78, 5) is 14.5. The monoisotopic (exact) mass is 270 g/mol. The van der Waals surface area contributed by atoms with Crippen LogP contribution >= 0.6 is 0 Å². The Labute approximate surface area is 118 Å². The van der Waals surface area contributed by atoms with Gasteiger partial charge in [-0.25, -0.2) is 0 Å². The fourth-order valence-corrected chi connectivity index (χ4v) is 3.21. The number of rotatable bonds is 2. The van der Waals surface area contributed by atoms with E-state index in [-0.39, 0.29) is 18.1 Å². The van der Waals surface area contributed by atoms with E-state index >= 15 is 0 Å². The van der Waals surface area contributed by atoms with Gasteiger partial charge >= 0.3 is 0 Å². The lowest BCUT2D eigenvalue weighted by Gasteiger charge is -2.37. The van der Waals surface area contributed by atoms with Crippen LogP contribution in [0.5, 0.6) is 0 Å². The molecule has 4 heteroatoms. The summed E-state index contributed by atoms with van der Waals surface area (Å²) in [6.45, 7) is 1.36. The molecule has 0 radical (unpaired) electrons. The lowest BCUT2D eigenvalue weighted by molar-refractivity contribution is -0.143. The van der Waals surface area contributed by atoms with E-state index in [4.69, 9.17) is 10.00 Å². The van der Waals surface area contributed by atoms with E-state index in [9.17, 15) is 4.79 Å². The van der Waals surface area contributed by atoms with Gasteiger partial charge in [0.15, 0.2) is 0 Å². The van der Waals surface area contributed by atoms with Crippen LogP contribution in [0.15, 0.2) is 24.3 Å². The molecule has 1 heterocycles. The van der Waals surface area contributed by atoms with Crippen LogP contribution in [-0.2, 0) is 16.0 Å². The van der Waals surface area contributed by atoms with Crippen molar-refractivity contribution in [2.75, 3.05) is 13.2 Å². The Bertz CT molecular complexity index is 532. The maximum absolute atomic E-state index is 12.5. The minimum Gasteiger partial charge on any atom is -0.374 e. The van der Waals surface area contributed by atoms with Crippen LogP contribution in [0.2, 0.25) is 0 Å². The van der Waals surface area contributed by atoms with Crippen molar-refractivity contribution in [3.8, 4) is 6.07 Å². The normalized spacial score (nSPS) is 25.1. The van der Waals surface area contributed by atoms with Crippen LogP contribution in [0.1, 0.15) is 30.4 Å². The standard InChI is InChI=1S/C16H18N2O2/c17-11-13-6-4-12(5-7-13)10-16(19)18-8-9-20-15-3-1-2-14(15)18/h4-7,14-15H,1-3,8-10H2. The first-order chi connectivity index (χ1) is 9.78. The molecule has 1 aliphatic heterocycles. The van der Waals surface area contributed by atoms with E-state index in [0.29, 0.717) is 25.1 Å². The van der Waals surface area contributed by atoms with Gasteiger partial charge in [0.1, 0.15) is 0 Å². The van der Waals surface area contributed by atoms with Crippen molar-refractivity contribution in [3.63, 3.8) is 0 Å². The number of ether oxygens (including phenoxy) is 1. The molecule has 1 aromatic carbocycles. The molecular weight excluding hydrogens is 252 g/mol. The molecule has 2 atom stereocenters. The summed E-state index contributed by atoms with van der Waals surface area (Å²) < 4.78 is 5.73. The van der Waals surface area contributed by atoms with Crippen LogP contribution < -0.4 is 0 Å². The van der Waals surface area contributed by atoms with Crippen LogP contribution in [-0.4, -0.2) is 36.1 Å². The molecule has 1 saturated heterocycles. The van der Waals surface area contributed by atoms with Crippen molar-refractivity contribution < 1.29 is 9.53 Å². The summed E-state index contributed by atoms with van der Waals surface area (Å²) in [6, 6.07) is 9.62. The third kappa shape index (κ3) is 2.54. The topological polar surface area (TPSA) is 53.3 Å². The van der Waals surface area contributed by atoms with Gasteiger partial charge in [0.05, 0.1) is 36.8 Å². The highest BCUT2D eigenvalue weighted by Gasteiger charge is 2.38. The maximum atomic E-state index is 12.5. The lowest BCUT2D eigenvalue weighted by atomic mass is 10.1. The molecule has 104 valence electrons. The predicted molar refractivity (Wildman–Crippen MR) is 74.0 cm³/mol. The zero-order valence-corrected chi connectivity index (χ0v) is 11.4. The van der Waals surface area contributed by atoms with Gasteiger partial charge in [0, 0.05) is 6.54 Å². The second-order valence-electron chi connectivity index (χ2n) is 5.48. The Morgan fingerprint density at radius 2 is 2.15 bits per heavy atom. The molecule has 0 aromatic heterocycles. The summed E-state index contributed by atoms with van der Waals surface area (Å²) in [6.07, 6.45) is 3.94. The average molecular weight is 270 g/mol. The van der Waals surface area contributed by atoms with E-state index < -0.39 is 0 Å². The number of morpholine rings is 1. The minimum atomic E-state index is 0.176. The molecule has 3 rings (SSSR count). The average Bonchev–Trinajstić information content (AvgIpc) is 2.96. The maximum Gasteiger partial charge on any atom is 0.227 e. The molecule has 0 spiro atoms. The summed E-state index contributed by atoms with van der Waals surface area (Å²) in [5.74, 6) is 0.176. The zero-order valence-electron chi connectivity index (χ0n) is 11.4. The third-order valence-electron chi connectivity index (χ3n) is 4.24. The molecule has 0 bridgehead atoms. The molecule has 20 heavy (non-hydrogen) atoms.